The molecule has 1 N–H and O–H groups in total. The largest absolute Gasteiger partial charge is 0.446 e. The Balaban J connectivity index is 2.11. The first kappa shape index (κ1) is 5.09. The Kier molecular flexibility index (Phi) is 0.917. The molecule has 1 amide bonds. The quantitative estimate of drug-likeness (QED) is 0.518. The molecular weight excluding hydrogens is 118 g/mol. The van der Waals surface area contributed by atoms with Crippen LogP contribution in [0.2, 0.25) is 0 Å². The van der Waals surface area contributed by atoms with Gasteiger partial charge in [0.25, 0.3) is 0 Å². The minimum atomic E-state index is -0.228. The van der Waals surface area contributed by atoms with E-state index in [0.29, 0.717) is 6.04 Å². The van der Waals surface area contributed by atoms with Crippen molar-refractivity contribution in [2.24, 2.45) is 0 Å². The Morgan fingerprint density at radius 3 is 3.22 bits per heavy atom. The Hall–Kier alpha value is -0.730. The number of ether oxygens (including phenoxy) is 1. The van der Waals surface area contributed by atoms with E-state index in [1.807, 2.05) is 0 Å². The summed E-state index contributed by atoms with van der Waals surface area (Å²) in [6, 6.07) is 0.413. The fraction of sp³-hybridized carbons (Fsp3) is 0.833. The van der Waals surface area contributed by atoms with Gasteiger partial charge in [0.05, 0.1) is 0 Å². The first-order chi connectivity index (χ1) is 4.34. The number of fused-ring (bicyclic) bond motifs is 2. The Labute approximate surface area is 53.4 Å². The van der Waals surface area contributed by atoms with E-state index >= 15 is 0 Å². The smallest absolute Gasteiger partial charge is 0.407 e. The number of amides is 1. The van der Waals surface area contributed by atoms with Crippen molar-refractivity contribution in [1.29, 1.82) is 0 Å². The molecule has 0 aromatic carbocycles. The lowest BCUT2D eigenvalue weighted by atomic mass is 10.2. The molecule has 0 aromatic heterocycles. The van der Waals surface area contributed by atoms with Gasteiger partial charge >= 0.3 is 6.09 Å². The maximum absolute atomic E-state index is 10.6. The van der Waals surface area contributed by atoms with Crippen LogP contribution in [0.5, 0.6) is 0 Å². The molecule has 1 heterocycles. The molecule has 1 saturated heterocycles. The van der Waals surface area contributed by atoms with E-state index in [0.717, 1.165) is 19.3 Å². The van der Waals surface area contributed by atoms with Crippen molar-refractivity contribution in [2.75, 3.05) is 0 Å². The molecule has 3 nitrogen and oxygen atoms in total. The molecule has 2 bridgehead atoms. The van der Waals surface area contributed by atoms with Crippen molar-refractivity contribution in [3.8, 4) is 0 Å². The first-order valence-electron chi connectivity index (χ1n) is 3.32. The lowest BCUT2D eigenvalue weighted by Crippen LogP contribution is -2.39. The second-order valence-corrected chi connectivity index (χ2v) is 2.68. The molecule has 0 spiro atoms. The SMILES string of the molecule is O=C1NC2CCC(C2)O1. The molecule has 2 atom stereocenters. The van der Waals surface area contributed by atoms with Crippen molar-refractivity contribution in [1.82, 2.24) is 5.32 Å². The molecule has 2 aliphatic rings. The zero-order valence-electron chi connectivity index (χ0n) is 5.09. The van der Waals surface area contributed by atoms with Gasteiger partial charge in [-0.25, -0.2) is 4.79 Å². The van der Waals surface area contributed by atoms with Crippen LogP contribution in [-0.4, -0.2) is 18.2 Å². The van der Waals surface area contributed by atoms with Crippen molar-refractivity contribution in [3.63, 3.8) is 0 Å². The minimum absolute atomic E-state index is 0.226. The van der Waals surface area contributed by atoms with E-state index in [2.05, 4.69) is 5.32 Å². The van der Waals surface area contributed by atoms with Gasteiger partial charge in [0.1, 0.15) is 6.10 Å². The molecule has 2 fully saturated rings. The van der Waals surface area contributed by atoms with Crippen LogP contribution in [0, 0.1) is 0 Å². The van der Waals surface area contributed by atoms with Crippen LogP contribution >= 0.6 is 0 Å². The van der Waals surface area contributed by atoms with Gasteiger partial charge in [-0.3, -0.25) is 0 Å². The summed E-state index contributed by atoms with van der Waals surface area (Å²) < 4.78 is 4.93. The normalized spacial score (nSPS) is 39.8. The zero-order valence-corrected chi connectivity index (χ0v) is 5.09. The lowest BCUT2D eigenvalue weighted by molar-refractivity contribution is 0.0835. The van der Waals surface area contributed by atoms with Gasteiger partial charge in [-0.1, -0.05) is 0 Å². The summed E-state index contributed by atoms with van der Waals surface area (Å²) in [4.78, 5) is 10.6. The van der Waals surface area contributed by atoms with Crippen LogP contribution in [0.25, 0.3) is 0 Å². The molecule has 1 aliphatic heterocycles. The van der Waals surface area contributed by atoms with Gasteiger partial charge in [-0.05, 0) is 12.8 Å². The van der Waals surface area contributed by atoms with E-state index in [-0.39, 0.29) is 12.2 Å². The zero-order chi connectivity index (χ0) is 6.27. The van der Waals surface area contributed by atoms with Crippen molar-refractivity contribution < 1.29 is 9.53 Å². The number of hydrogen-bond donors (Lipinski definition) is 1. The highest BCUT2D eigenvalue weighted by Crippen LogP contribution is 2.25. The Morgan fingerprint density at radius 1 is 1.56 bits per heavy atom. The molecule has 0 radical (unpaired) electrons. The summed E-state index contributed by atoms with van der Waals surface area (Å²) in [5, 5.41) is 2.75. The van der Waals surface area contributed by atoms with E-state index < -0.39 is 0 Å². The van der Waals surface area contributed by atoms with Crippen LogP contribution < -0.4 is 5.32 Å². The standard InChI is InChI=1S/C6H9NO2/c8-6-7-4-1-2-5(3-4)9-6/h4-5H,1-3H2,(H,7,8). The highest BCUT2D eigenvalue weighted by Gasteiger charge is 2.33. The summed E-state index contributed by atoms with van der Waals surface area (Å²) in [7, 11) is 0. The van der Waals surface area contributed by atoms with Crippen molar-refractivity contribution >= 4 is 6.09 Å². The topological polar surface area (TPSA) is 38.3 Å². The third-order valence-corrected chi connectivity index (χ3v) is 1.98. The molecular formula is C6H9NO2. The van der Waals surface area contributed by atoms with Crippen molar-refractivity contribution in [2.45, 2.75) is 31.4 Å². The third-order valence-electron chi connectivity index (χ3n) is 1.98. The molecule has 9 heavy (non-hydrogen) atoms. The summed E-state index contributed by atoms with van der Waals surface area (Å²) in [6.07, 6.45) is 3.16. The Morgan fingerprint density at radius 2 is 2.44 bits per heavy atom. The Bertz CT molecular complexity index is 132. The molecule has 1 aliphatic carbocycles. The summed E-state index contributed by atoms with van der Waals surface area (Å²) >= 11 is 0. The van der Waals surface area contributed by atoms with Crippen LogP contribution in [-0.2, 0) is 4.74 Å². The number of rotatable bonds is 0. The fourth-order valence-electron chi connectivity index (χ4n) is 1.53. The number of nitrogens with one attached hydrogen (secondary N) is 1. The van der Waals surface area contributed by atoms with Crippen molar-refractivity contribution in [3.05, 3.63) is 0 Å². The molecule has 50 valence electrons. The van der Waals surface area contributed by atoms with Gasteiger partial charge in [0.15, 0.2) is 0 Å². The average Bonchev–Trinajstić information content (AvgIpc) is 2.11. The first-order valence-corrected chi connectivity index (χ1v) is 3.32. The lowest BCUT2D eigenvalue weighted by Gasteiger charge is -2.19. The van der Waals surface area contributed by atoms with Crippen LogP contribution in [0.3, 0.4) is 0 Å². The third kappa shape index (κ3) is 0.763. The van der Waals surface area contributed by atoms with Crippen LogP contribution in [0.15, 0.2) is 0 Å². The van der Waals surface area contributed by atoms with E-state index in [4.69, 9.17) is 4.74 Å². The maximum atomic E-state index is 10.6. The van der Waals surface area contributed by atoms with E-state index in [1.165, 1.54) is 0 Å². The molecule has 2 unspecified atom stereocenters. The second kappa shape index (κ2) is 1.62. The number of carbonyl (C=O) groups excluding carboxylic acids is 1. The van der Waals surface area contributed by atoms with Gasteiger partial charge in [0, 0.05) is 12.5 Å². The van der Waals surface area contributed by atoms with E-state index in [1.54, 1.807) is 0 Å². The number of alkyl carbamates (subject to hydrolysis) is 1. The molecule has 2 rings (SSSR count). The van der Waals surface area contributed by atoms with Gasteiger partial charge in [-0.15, -0.1) is 0 Å². The van der Waals surface area contributed by atoms with Gasteiger partial charge < -0.3 is 10.1 Å². The highest BCUT2D eigenvalue weighted by atomic mass is 16.6. The summed E-state index contributed by atoms with van der Waals surface area (Å²) in [6.45, 7) is 0. The van der Waals surface area contributed by atoms with Crippen LogP contribution in [0.1, 0.15) is 19.3 Å². The van der Waals surface area contributed by atoms with Gasteiger partial charge in [-0.2, -0.15) is 0 Å². The van der Waals surface area contributed by atoms with E-state index in [9.17, 15) is 4.79 Å². The summed E-state index contributed by atoms with van der Waals surface area (Å²) in [5.41, 5.74) is 0. The predicted molar refractivity (Wildman–Crippen MR) is 31.0 cm³/mol. The molecule has 0 aromatic rings. The number of carbonyl (C=O) groups is 1. The van der Waals surface area contributed by atoms with Crippen LogP contribution in [0.4, 0.5) is 4.79 Å². The predicted octanol–water partition coefficient (Wildman–Crippen LogP) is 0.647. The second-order valence-electron chi connectivity index (χ2n) is 2.68. The monoisotopic (exact) mass is 127 g/mol. The summed E-state index contributed by atoms with van der Waals surface area (Å²) in [5.74, 6) is 0. The average molecular weight is 127 g/mol. The molecule has 1 saturated carbocycles. The fourth-order valence-corrected chi connectivity index (χ4v) is 1.53. The minimum Gasteiger partial charge on any atom is -0.446 e. The highest BCUT2D eigenvalue weighted by molar-refractivity contribution is 5.68. The number of hydrogen-bond acceptors (Lipinski definition) is 2. The maximum Gasteiger partial charge on any atom is 0.407 e. The van der Waals surface area contributed by atoms with Gasteiger partial charge in [0.2, 0.25) is 0 Å². The molecule has 3 heteroatoms.